The van der Waals surface area contributed by atoms with Crippen molar-refractivity contribution in [3.05, 3.63) is 21.5 Å². The summed E-state index contributed by atoms with van der Waals surface area (Å²) in [4.78, 5) is 5.60. The summed E-state index contributed by atoms with van der Waals surface area (Å²) in [6.45, 7) is -0.404. The molecule has 1 aromatic rings. The third-order valence-electron chi connectivity index (χ3n) is 3.04. The number of nitrogen functional groups attached to an aromatic ring is 1. The highest BCUT2D eigenvalue weighted by Crippen LogP contribution is 2.30. The second-order valence-electron chi connectivity index (χ2n) is 4.29. The van der Waals surface area contributed by atoms with E-state index in [9.17, 15) is 10.2 Å². The van der Waals surface area contributed by atoms with Crippen LogP contribution in [0, 0.1) is 4.77 Å². The first-order valence-corrected chi connectivity index (χ1v) is 7.10. The Balaban J connectivity index is 2.43. The summed E-state index contributed by atoms with van der Waals surface area (Å²) in [6, 6.07) is 0. The molecule has 0 unspecified atom stereocenters. The molecule has 0 bridgehead atoms. The molecule has 0 amide bonds. The van der Waals surface area contributed by atoms with Crippen LogP contribution in [0.5, 0.6) is 0 Å². The van der Waals surface area contributed by atoms with Crippen LogP contribution < -0.4 is 5.73 Å². The number of nitrogens with two attached hydrogens (primary N) is 1. The lowest BCUT2D eigenvalue weighted by molar-refractivity contribution is -0.0540. The van der Waals surface area contributed by atoms with Gasteiger partial charge in [-0.1, -0.05) is 15.9 Å². The minimum atomic E-state index is -1.22. The molecule has 1 aromatic heterocycles. The Bertz CT molecular complexity index is 579. The predicted molar refractivity (Wildman–Crippen MR) is 78.4 cm³/mol. The summed E-state index contributed by atoms with van der Waals surface area (Å²) in [7, 11) is 0. The van der Waals surface area contributed by atoms with Gasteiger partial charge in [0.25, 0.3) is 0 Å². The summed E-state index contributed by atoms with van der Waals surface area (Å²) in [6.07, 6.45) is -0.975. The van der Waals surface area contributed by atoms with Crippen LogP contribution in [0.25, 0.3) is 6.08 Å². The van der Waals surface area contributed by atoms with E-state index in [2.05, 4.69) is 20.9 Å². The van der Waals surface area contributed by atoms with E-state index < -0.39 is 31.1 Å². The van der Waals surface area contributed by atoms with E-state index >= 15 is 0 Å². The number of hydrogen-bond acceptors (Lipinski definition) is 7. The molecule has 9 heteroatoms. The SMILES string of the molecule is Nc1nc(=S)n([C@@H]2O[C@H](CO)[C@@H](O)[C@H]2O)cc1/C=C/Br. The number of halogens is 1. The molecule has 0 aromatic carbocycles. The molecule has 20 heavy (non-hydrogen) atoms. The Labute approximate surface area is 128 Å². The number of aliphatic hydroxyl groups is 3. The fourth-order valence-corrected chi connectivity index (χ4v) is 2.52. The lowest BCUT2D eigenvalue weighted by atomic mass is 10.1. The van der Waals surface area contributed by atoms with Crippen molar-refractivity contribution in [1.82, 2.24) is 9.55 Å². The Morgan fingerprint density at radius 1 is 1.50 bits per heavy atom. The Morgan fingerprint density at radius 3 is 2.75 bits per heavy atom. The van der Waals surface area contributed by atoms with Gasteiger partial charge >= 0.3 is 0 Å². The van der Waals surface area contributed by atoms with Gasteiger partial charge in [-0.3, -0.25) is 4.57 Å². The zero-order valence-corrected chi connectivity index (χ0v) is 12.7. The molecule has 5 N–H and O–H groups in total. The largest absolute Gasteiger partial charge is 0.394 e. The number of ether oxygens (including phenoxy) is 1. The molecule has 2 heterocycles. The molecule has 1 aliphatic heterocycles. The maximum absolute atomic E-state index is 9.99. The summed E-state index contributed by atoms with van der Waals surface area (Å²) < 4.78 is 6.92. The van der Waals surface area contributed by atoms with Gasteiger partial charge in [-0.15, -0.1) is 0 Å². The van der Waals surface area contributed by atoms with Crippen LogP contribution in [0.4, 0.5) is 5.82 Å². The third-order valence-corrected chi connectivity index (χ3v) is 3.61. The van der Waals surface area contributed by atoms with Crippen molar-refractivity contribution >= 4 is 40.0 Å². The number of aromatic nitrogens is 2. The molecule has 110 valence electrons. The average Bonchev–Trinajstić information content (AvgIpc) is 2.70. The minimum absolute atomic E-state index is 0.115. The van der Waals surface area contributed by atoms with Crippen LogP contribution in [0.15, 0.2) is 11.2 Å². The topological polar surface area (TPSA) is 114 Å². The maximum atomic E-state index is 9.99. The van der Waals surface area contributed by atoms with Crippen molar-refractivity contribution in [1.29, 1.82) is 0 Å². The van der Waals surface area contributed by atoms with Crippen molar-refractivity contribution in [3.8, 4) is 0 Å². The standard InChI is InChI=1S/C11H14BrN3O4S/c12-2-1-5-3-15(11(20)14-9(5)13)10-8(18)7(17)6(4-16)19-10/h1-3,6-8,10,16-18H,4H2,(H2,13,14,20)/b2-1+/t6-,7-,8-,10-/m1/s1. The Morgan fingerprint density at radius 2 is 2.20 bits per heavy atom. The maximum Gasteiger partial charge on any atom is 0.203 e. The van der Waals surface area contributed by atoms with E-state index in [-0.39, 0.29) is 10.6 Å². The smallest absolute Gasteiger partial charge is 0.203 e. The predicted octanol–water partition coefficient (Wildman–Crippen LogP) is 0.172. The van der Waals surface area contributed by atoms with Gasteiger partial charge in [0.1, 0.15) is 24.1 Å². The van der Waals surface area contributed by atoms with Crippen molar-refractivity contribution in [3.63, 3.8) is 0 Å². The van der Waals surface area contributed by atoms with E-state index in [1.165, 1.54) is 4.57 Å². The minimum Gasteiger partial charge on any atom is -0.394 e. The van der Waals surface area contributed by atoms with Crippen LogP contribution in [-0.2, 0) is 4.74 Å². The molecule has 0 radical (unpaired) electrons. The van der Waals surface area contributed by atoms with Crippen LogP contribution in [-0.4, -0.2) is 49.8 Å². The lowest BCUT2D eigenvalue weighted by Gasteiger charge is -2.19. The number of aliphatic hydroxyl groups excluding tert-OH is 3. The third kappa shape index (κ3) is 2.78. The molecular weight excluding hydrogens is 350 g/mol. The Kier molecular flexibility index (Phi) is 4.89. The first-order valence-electron chi connectivity index (χ1n) is 5.77. The second-order valence-corrected chi connectivity index (χ2v) is 5.19. The van der Waals surface area contributed by atoms with Gasteiger partial charge in [-0.25, -0.2) is 4.98 Å². The quantitative estimate of drug-likeness (QED) is 0.566. The number of rotatable bonds is 3. The highest BCUT2D eigenvalue weighted by molar-refractivity contribution is 9.11. The van der Waals surface area contributed by atoms with Gasteiger partial charge in [0, 0.05) is 11.8 Å². The summed E-state index contributed by atoms with van der Waals surface area (Å²) in [5, 5.41) is 28.8. The van der Waals surface area contributed by atoms with Gasteiger partial charge in [-0.05, 0) is 23.3 Å². The summed E-state index contributed by atoms with van der Waals surface area (Å²) in [5.74, 6) is 0.244. The highest BCUT2D eigenvalue weighted by Gasteiger charge is 2.43. The normalized spacial score (nSPS) is 30.2. The molecular formula is C11H14BrN3O4S. The summed E-state index contributed by atoms with van der Waals surface area (Å²) >= 11 is 8.22. The molecule has 4 atom stereocenters. The van der Waals surface area contributed by atoms with Gasteiger partial charge in [0.2, 0.25) is 4.77 Å². The highest BCUT2D eigenvalue weighted by atomic mass is 79.9. The molecule has 2 rings (SSSR count). The molecule has 0 aliphatic carbocycles. The van der Waals surface area contributed by atoms with E-state index in [0.717, 1.165) is 0 Å². The zero-order chi connectivity index (χ0) is 14.9. The van der Waals surface area contributed by atoms with Crippen molar-refractivity contribution in [2.24, 2.45) is 0 Å². The monoisotopic (exact) mass is 363 g/mol. The first kappa shape index (κ1) is 15.5. The molecule has 1 fully saturated rings. The number of nitrogens with zero attached hydrogens (tertiary/aromatic N) is 2. The van der Waals surface area contributed by atoms with Crippen LogP contribution in [0.2, 0.25) is 0 Å². The molecule has 7 nitrogen and oxygen atoms in total. The fourth-order valence-electron chi connectivity index (χ4n) is 1.98. The Hall–Kier alpha value is -0.840. The molecule has 1 aliphatic rings. The van der Waals surface area contributed by atoms with Gasteiger partial charge in [-0.2, -0.15) is 0 Å². The average molecular weight is 364 g/mol. The van der Waals surface area contributed by atoms with E-state index in [1.54, 1.807) is 17.3 Å². The van der Waals surface area contributed by atoms with Crippen molar-refractivity contribution in [2.75, 3.05) is 12.3 Å². The van der Waals surface area contributed by atoms with Crippen molar-refractivity contribution < 1.29 is 20.1 Å². The van der Waals surface area contributed by atoms with Crippen LogP contribution in [0.1, 0.15) is 11.8 Å². The van der Waals surface area contributed by atoms with E-state index in [4.69, 9.17) is 27.8 Å². The molecule has 0 saturated carbocycles. The fraction of sp³-hybridized carbons (Fsp3) is 0.455. The molecule has 1 saturated heterocycles. The molecule has 0 spiro atoms. The van der Waals surface area contributed by atoms with Gasteiger partial charge in [0.15, 0.2) is 6.23 Å². The van der Waals surface area contributed by atoms with E-state index in [1.807, 2.05) is 0 Å². The van der Waals surface area contributed by atoms with Gasteiger partial charge < -0.3 is 25.8 Å². The summed E-state index contributed by atoms with van der Waals surface area (Å²) in [5.41, 5.74) is 6.31. The van der Waals surface area contributed by atoms with Crippen molar-refractivity contribution in [2.45, 2.75) is 24.5 Å². The zero-order valence-electron chi connectivity index (χ0n) is 10.3. The second kappa shape index (κ2) is 6.29. The van der Waals surface area contributed by atoms with E-state index in [0.29, 0.717) is 5.56 Å². The van der Waals surface area contributed by atoms with Crippen LogP contribution in [0.3, 0.4) is 0 Å². The number of anilines is 1. The van der Waals surface area contributed by atoms with Crippen LogP contribution >= 0.6 is 28.1 Å². The van der Waals surface area contributed by atoms with Gasteiger partial charge in [0.05, 0.1) is 6.61 Å². The lowest BCUT2D eigenvalue weighted by Crippen LogP contribution is -2.33. The number of hydrogen-bond donors (Lipinski definition) is 4. The first-order chi connectivity index (χ1) is 9.49.